The molecule has 0 saturated heterocycles. The molecule has 1 aliphatic carbocycles. The second kappa shape index (κ2) is 2.94. The van der Waals surface area contributed by atoms with Crippen LogP contribution in [0.15, 0.2) is 42.5 Å². The fourth-order valence-electron chi connectivity index (χ4n) is 1.33. The molecule has 12 heavy (non-hydrogen) atoms. The second-order valence-electron chi connectivity index (χ2n) is 2.83. The molecule has 1 aromatic carbocycles. The lowest BCUT2D eigenvalue weighted by Crippen LogP contribution is -1.80. The Morgan fingerprint density at radius 3 is 2.42 bits per heavy atom. The van der Waals surface area contributed by atoms with Gasteiger partial charge >= 0.3 is 0 Å². The summed E-state index contributed by atoms with van der Waals surface area (Å²) >= 11 is 0. The molecule has 0 bridgehead atoms. The Morgan fingerprint density at radius 1 is 1.08 bits per heavy atom. The Bertz CT molecular complexity index is 331. The van der Waals surface area contributed by atoms with E-state index in [9.17, 15) is 4.39 Å². The normalized spacial score (nSPS) is 14.9. The summed E-state index contributed by atoms with van der Waals surface area (Å²) < 4.78 is 12.5. The third kappa shape index (κ3) is 1.30. The van der Waals surface area contributed by atoms with Gasteiger partial charge in [0.1, 0.15) is 5.82 Å². The first-order chi connectivity index (χ1) is 5.86. The van der Waals surface area contributed by atoms with Gasteiger partial charge in [-0.05, 0) is 29.7 Å². The van der Waals surface area contributed by atoms with Gasteiger partial charge in [0.05, 0.1) is 0 Å². The van der Waals surface area contributed by atoms with Gasteiger partial charge in [-0.1, -0.05) is 30.4 Å². The summed E-state index contributed by atoms with van der Waals surface area (Å²) in [6, 6.07) is 6.62. The van der Waals surface area contributed by atoms with Gasteiger partial charge in [-0.15, -0.1) is 0 Å². The molecule has 60 valence electrons. The number of allylic oxidation sites excluding steroid dienone is 4. The molecule has 0 aliphatic heterocycles. The van der Waals surface area contributed by atoms with Crippen LogP contribution in [-0.2, 0) is 0 Å². The van der Waals surface area contributed by atoms with Crippen LogP contribution in [0.4, 0.5) is 4.39 Å². The minimum atomic E-state index is -0.176. The van der Waals surface area contributed by atoms with Crippen LogP contribution in [0.25, 0.3) is 5.57 Å². The van der Waals surface area contributed by atoms with Crippen molar-refractivity contribution >= 4 is 5.57 Å². The highest BCUT2D eigenvalue weighted by Gasteiger charge is 2.01. The molecule has 0 fully saturated rings. The van der Waals surface area contributed by atoms with Crippen molar-refractivity contribution < 1.29 is 4.39 Å². The van der Waals surface area contributed by atoms with E-state index in [1.54, 1.807) is 0 Å². The van der Waals surface area contributed by atoms with Gasteiger partial charge in [-0.2, -0.15) is 0 Å². The van der Waals surface area contributed by atoms with Crippen LogP contribution < -0.4 is 0 Å². The molecule has 2 rings (SSSR count). The Kier molecular flexibility index (Phi) is 1.78. The summed E-state index contributed by atoms with van der Waals surface area (Å²) in [6.45, 7) is 0. The lowest BCUT2D eigenvalue weighted by atomic mass is 10.1. The van der Waals surface area contributed by atoms with Crippen LogP contribution in [0.3, 0.4) is 0 Å². The first-order valence-corrected chi connectivity index (χ1v) is 3.98. The lowest BCUT2D eigenvalue weighted by molar-refractivity contribution is 0.627. The predicted octanol–water partition coefficient (Wildman–Crippen LogP) is 3.17. The van der Waals surface area contributed by atoms with Gasteiger partial charge in [0.2, 0.25) is 0 Å². The third-order valence-electron chi connectivity index (χ3n) is 1.99. The molecule has 0 unspecified atom stereocenters. The molecule has 0 aromatic heterocycles. The topological polar surface area (TPSA) is 0 Å². The van der Waals surface area contributed by atoms with Crippen molar-refractivity contribution in [2.24, 2.45) is 0 Å². The van der Waals surface area contributed by atoms with Crippen molar-refractivity contribution in [2.45, 2.75) is 6.42 Å². The van der Waals surface area contributed by atoms with Crippen LogP contribution >= 0.6 is 0 Å². The van der Waals surface area contributed by atoms with E-state index in [0.29, 0.717) is 0 Å². The molecule has 0 saturated carbocycles. The van der Waals surface area contributed by atoms with Gasteiger partial charge in [-0.3, -0.25) is 0 Å². The Hall–Kier alpha value is -1.37. The van der Waals surface area contributed by atoms with Crippen LogP contribution in [-0.4, -0.2) is 0 Å². The molecule has 0 N–H and O–H groups in total. The van der Waals surface area contributed by atoms with Crippen LogP contribution in [0.5, 0.6) is 0 Å². The molecule has 0 heterocycles. The molecule has 0 amide bonds. The zero-order valence-corrected chi connectivity index (χ0v) is 6.63. The average molecular weight is 160 g/mol. The van der Waals surface area contributed by atoms with Crippen LogP contribution in [0, 0.1) is 5.82 Å². The van der Waals surface area contributed by atoms with E-state index >= 15 is 0 Å². The monoisotopic (exact) mass is 160 g/mol. The summed E-state index contributed by atoms with van der Waals surface area (Å²) in [5.74, 6) is -0.176. The molecule has 1 aromatic rings. The van der Waals surface area contributed by atoms with Crippen molar-refractivity contribution in [1.82, 2.24) is 0 Å². The van der Waals surface area contributed by atoms with Crippen molar-refractivity contribution in [3.8, 4) is 0 Å². The molecular weight excluding hydrogens is 151 g/mol. The summed E-state index contributed by atoms with van der Waals surface area (Å²) in [4.78, 5) is 0. The first kappa shape index (κ1) is 7.29. The number of hydrogen-bond donors (Lipinski definition) is 0. The number of halogens is 1. The van der Waals surface area contributed by atoms with Gasteiger partial charge < -0.3 is 0 Å². The lowest BCUT2D eigenvalue weighted by Gasteiger charge is -2.00. The fraction of sp³-hybridized carbons (Fsp3) is 0.0909. The summed E-state index contributed by atoms with van der Waals surface area (Å²) in [7, 11) is 0. The predicted molar refractivity (Wildman–Crippen MR) is 48.1 cm³/mol. The molecule has 1 aliphatic rings. The quantitative estimate of drug-likeness (QED) is 0.592. The van der Waals surface area contributed by atoms with Crippen LogP contribution in [0.1, 0.15) is 12.0 Å². The number of benzene rings is 1. The van der Waals surface area contributed by atoms with E-state index < -0.39 is 0 Å². The van der Waals surface area contributed by atoms with Gasteiger partial charge in [-0.25, -0.2) is 4.39 Å². The minimum Gasteiger partial charge on any atom is -0.207 e. The first-order valence-electron chi connectivity index (χ1n) is 3.98. The van der Waals surface area contributed by atoms with Crippen molar-refractivity contribution in [2.75, 3.05) is 0 Å². The number of hydrogen-bond acceptors (Lipinski definition) is 0. The van der Waals surface area contributed by atoms with Crippen molar-refractivity contribution in [3.05, 3.63) is 53.9 Å². The highest BCUT2D eigenvalue weighted by atomic mass is 19.1. The molecule has 1 heteroatoms. The highest BCUT2D eigenvalue weighted by molar-refractivity contribution is 5.70. The van der Waals surface area contributed by atoms with Gasteiger partial charge in [0, 0.05) is 0 Å². The maximum absolute atomic E-state index is 12.5. The molecule has 0 atom stereocenters. The Labute approximate surface area is 71.0 Å². The zero-order chi connectivity index (χ0) is 8.39. The van der Waals surface area contributed by atoms with E-state index in [0.717, 1.165) is 12.0 Å². The van der Waals surface area contributed by atoms with E-state index in [1.807, 2.05) is 18.2 Å². The highest BCUT2D eigenvalue weighted by Crippen LogP contribution is 2.22. The van der Waals surface area contributed by atoms with Crippen LogP contribution in [0.2, 0.25) is 0 Å². The second-order valence-corrected chi connectivity index (χ2v) is 2.83. The molecule has 0 spiro atoms. The van der Waals surface area contributed by atoms with Crippen molar-refractivity contribution in [1.29, 1.82) is 0 Å². The maximum atomic E-state index is 12.5. The van der Waals surface area contributed by atoms with E-state index in [2.05, 4.69) is 12.2 Å². The Morgan fingerprint density at radius 2 is 1.83 bits per heavy atom. The summed E-state index contributed by atoms with van der Waals surface area (Å²) in [5, 5.41) is 0. The minimum absolute atomic E-state index is 0.176. The summed E-state index contributed by atoms with van der Waals surface area (Å²) in [6.07, 6.45) is 7.15. The van der Waals surface area contributed by atoms with E-state index in [-0.39, 0.29) is 5.82 Å². The van der Waals surface area contributed by atoms with E-state index in [1.165, 1.54) is 17.7 Å². The standard InChI is InChI=1S/C11H9F/c12-11-7-5-10(6-8-11)9-3-1-2-4-9/h1-3,5-8H,4H2. The SMILES string of the molecule is Fc1ccc(C2=CC=CC2)cc1. The molecular formula is C11H9F. The third-order valence-corrected chi connectivity index (χ3v) is 1.99. The maximum Gasteiger partial charge on any atom is 0.123 e. The summed E-state index contributed by atoms with van der Waals surface area (Å²) in [5.41, 5.74) is 2.37. The van der Waals surface area contributed by atoms with Gasteiger partial charge in [0.15, 0.2) is 0 Å². The van der Waals surface area contributed by atoms with Crippen molar-refractivity contribution in [3.63, 3.8) is 0 Å². The fourth-order valence-corrected chi connectivity index (χ4v) is 1.33. The largest absolute Gasteiger partial charge is 0.207 e. The molecule has 0 nitrogen and oxygen atoms in total. The Balaban J connectivity index is 2.30. The number of rotatable bonds is 1. The average Bonchev–Trinajstić information content (AvgIpc) is 2.58. The smallest absolute Gasteiger partial charge is 0.123 e. The molecule has 0 radical (unpaired) electrons. The van der Waals surface area contributed by atoms with E-state index in [4.69, 9.17) is 0 Å². The zero-order valence-electron chi connectivity index (χ0n) is 6.63. The van der Waals surface area contributed by atoms with Gasteiger partial charge in [0.25, 0.3) is 0 Å².